The zero-order valence-corrected chi connectivity index (χ0v) is 17.4. The molecule has 5 heteroatoms. The monoisotopic (exact) mass is 388 g/mol. The van der Waals surface area contributed by atoms with Gasteiger partial charge in [-0.25, -0.2) is 9.97 Å². The number of amides is 1. The largest absolute Gasteiger partial charge is 0.354 e. The van der Waals surface area contributed by atoms with Crippen LogP contribution in [0.25, 0.3) is 11.0 Å². The molecule has 1 aliphatic rings. The Morgan fingerprint density at radius 1 is 1.21 bits per heavy atom. The lowest BCUT2D eigenvalue weighted by atomic mass is 9.98. The minimum atomic E-state index is 0.0571. The van der Waals surface area contributed by atoms with Crippen LogP contribution in [0.4, 0.5) is 11.4 Å². The van der Waals surface area contributed by atoms with Crippen molar-refractivity contribution in [3.8, 4) is 0 Å². The fraction of sp³-hybridized carbons (Fsp3) is 0.375. The number of hydrogen-bond donors (Lipinski definition) is 1. The second kappa shape index (κ2) is 8.19. The van der Waals surface area contributed by atoms with E-state index in [1.165, 1.54) is 6.42 Å². The summed E-state index contributed by atoms with van der Waals surface area (Å²) in [6, 6.07) is 12.5. The number of aromatic nitrogens is 2. The van der Waals surface area contributed by atoms with Crippen LogP contribution in [0.15, 0.2) is 42.6 Å². The van der Waals surface area contributed by atoms with Crippen LogP contribution >= 0.6 is 0 Å². The molecule has 1 fully saturated rings. The maximum atomic E-state index is 13.6. The van der Waals surface area contributed by atoms with Crippen molar-refractivity contribution in [2.24, 2.45) is 0 Å². The fourth-order valence-electron chi connectivity index (χ4n) is 4.18. The van der Waals surface area contributed by atoms with Gasteiger partial charge in [-0.05, 0) is 69.4 Å². The van der Waals surface area contributed by atoms with Gasteiger partial charge in [-0.1, -0.05) is 19.1 Å². The molecule has 1 saturated heterocycles. The highest BCUT2D eigenvalue weighted by atomic mass is 16.2. The molecule has 29 heavy (non-hydrogen) atoms. The first kappa shape index (κ1) is 19.4. The molecular formula is C24H28N4O. The van der Waals surface area contributed by atoms with Crippen molar-refractivity contribution in [3.05, 3.63) is 59.4 Å². The molecular weight excluding hydrogens is 360 g/mol. The average Bonchev–Trinajstić information content (AvgIpc) is 2.73. The van der Waals surface area contributed by atoms with Crippen LogP contribution in [0.2, 0.25) is 0 Å². The lowest BCUT2D eigenvalue weighted by Gasteiger charge is -2.35. The SMILES string of the molecule is CC[C@@H]1CCCCN1C(=O)c1cnc2nc(C)ccc2c1Nc1cccc(C)c1. The van der Waals surface area contributed by atoms with Crippen LogP contribution in [-0.2, 0) is 0 Å². The number of nitrogens with zero attached hydrogens (tertiary/aromatic N) is 3. The van der Waals surface area contributed by atoms with E-state index in [0.717, 1.165) is 53.8 Å². The Morgan fingerprint density at radius 3 is 2.86 bits per heavy atom. The molecule has 1 atom stereocenters. The minimum absolute atomic E-state index is 0.0571. The normalized spacial score (nSPS) is 16.8. The number of pyridine rings is 2. The maximum Gasteiger partial charge on any atom is 0.257 e. The van der Waals surface area contributed by atoms with Gasteiger partial charge in [-0.2, -0.15) is 0 Å². The first-order valence-corrected chi connectivity index (χ1v) is 10.5. The number of anilines is 2. The second-order valence-corrected chi connectivity index (χ2v) is 7.92. The number of fused-ring (bicyclic) bond motifs is 1. The Labute approximate surface area is 172 Å². The highest BCUT2D eigenvalue weighted by Crippen LogP contribution is 2.31. The van der Waals surface area contributed by atoms with E-state index in [9.17, 15) is 4.79 Å². The van der Waals surface area contributed by atoms with Crippen molar-refractivity contribution in [3.63, 3.8) is 0 Å². The number of rotatable bonds is 4. The molecule has 5 nitrogen and oxygen atoms in total. The van der Waals surface area contributed by atoms with E-state index in [-0.39, 0.29) is 5.91 Å². The summed E-state index contributed by atoms with van der Waals surface area (Å²) in [6.45, 7) is 6.98. The molecule has 1 aromatic carbocycles. The summed E-state index contributed by atoms with van der Waals surface area (Å²) in [4.78, 5) is 24.7. The molecule has 0 saturated carbocycles. The third-order valence-electron chi connectivity index (χ3n) is 5.75. The van der Waals surface area contributed by atoms with Gasteiger partial charge < -0.3 is 10.2 Å². The van der Waals surface area contributed by atoms with Gasteiger partial charge in [0.15, 0.2) is 5.65 Å². The van der Waals surface area contributed by atoms with Crippen molar-refractivity contribution in [2.45, 2.75) is 52.5 Å². The van der Waals surface area contributed by atoms with E-state index < -0.39 is 0 Å². The zero-order valence-electron chi connectivity index (χ0n) is 17.4. The van der Waals surface area contributed by atoms with Gasteiger partial charge >= 0.3 is 0 Å². The molecule has 0 bridgehead atoms. The number of aryl methyl sites for hydroxylation is 2. The fourth-order valence-corrected chi connectivity index (χ4v) is 4.18. The molecule has 4 rings (SSSR count). The molecule has 0 radical (unpaired) electrons. The van der Waals surface area contributed by atoms with Gasteiger partial charge in [0.25, 0.3) is 5.91 Å². The Hall–Kier alpha value is -2.95. The summed E-state index contributed by atoms with van der Waals surface area (Å²) in [5, 5.41) is 4.37. The van der Waals surface area contributed by atoms with Crippen LogP contribution in [0.3, 0.4) is 0 Å². The number of nitrogens with one attached hydrogen (secondary N) is 1. The zero-order chi connectivity index (χ0) is 20.4. The number of carbonyl (C=O) groups excluding carboxylic acids is 1. The standard InChI is InChI=1S/C24H28N4O/c1-4-19-10-5-6-13-28(19)24(29)21-15-25-23-20(12-11-17(3)26-23)22(21)27-18-9-7-8-16(2)14-18/h7-9,11-12,14-15,19H,4-6,10,13H2,1-3H3,(H,25,26,27)/t19-/m1/s1. The van der Waals surface area contributed by atoms with Gasteiger partial charge in [-0.3, -0.25) is 4.79 Å². The summed E-state index contributed by atoms with van der Waals surface area (Å²) in [5.41, 5.74) is 5.09. The summed E-state index contributed by atoms with van der Waals surface area (Å²) in [5.74, 6) is 0.0571. The minimum Gasteiger partial charge on any atom is -0.354 e. The number of likely N-dealkylation sites (tertiary alicyclic amines) is 1. The van der Waals surface area contributed by atoms with Gasteiger partial charge in [0, 0.05) is 35.6 Å². The molecule has 0 aliphatic carbocycles. The van der Waals surface area contributed by atoms with Crippen molar-refractivity contribution in [2.75, 3.05) is 11.9 Å². The Bertz CT molecular complexity index is 1050. The van der Waals surface area contributed by atoms with Crippen LogP contribution in [0.1, 0.15) is 54.2 Å². The predicted octanol–water partition coefficient (Wildman–Crippen LogP) is 5.39. The third kappa shape index (κ3) is 3.95. The Morgan fingerprint density at radius 2 is 2.07 bits per heavy atom. The number of piperidine rings is 1. The lowest BCUT2D eigenvalue weighted by molar-refractivity contribution is 0.0609. The Kier molecular flexibility index (Phi) is 5.47. The van der Waals surface area contributed by atoms with E-state index in [2.05, 4.69) is 41.3 Å². The molecule has 3 aromatic rings. The first-order valence-electron chi connectivity index (χ1n) is 10.5. The van der Waals surface area contributed by atoms with Gasteiger partial charge in [0.05, 0.1) is 11.3 Å². The van der Waals surface area contributed by atoms with Crippen molar-refractivity contribution >= 4 is 28.3 Å². The summed E-state index contributed by atoms with van der Waals surface area (Å²) in [6.07, 6.45) is 6.00. The molecule has 1 N–H and O–H groups in total. The van der Waals surface area contributed by atoms with Gasteiger partial charge in [0.1, 0.15) is 0 Å². The molecule has 0 spiro atoms. The van der Waals surface area contributed by atoms with E-state index in [0.29, 0.717) is 17.3 Å². The highest BCUT2D eigenvalue weighted by molar-refractivity contribution is 6.07. The molecule has 0 unspecified atom stereocenters. The van der Waals surface area contributed by atoms with E-state index >= 15 is 0 Å². The summed E-state index contributed by atoms with van der Waals surface area (Å²) >= 11 is 0. The van der Waals surface area contributed by atoms with Crippen molar-refractivity contribution in [1.82, 2.24) is 14.9 Å². The highest BCUT2D eigenvalue weighted by Gasteiger charge is 2.28. The van der Waals surface area contributed by atoms with E-state index in [1.54, 1.807) is 6.20 Å². The molecule has 1 aliphatic heterocycles. The van der Waals surface area contributed by atoms with Crippen molar-refractivity contribution < 1.29 is 4.79 Å². The molecule has 2 aromatic heterocycles. The third-order valence-corrected chi connectivity index (χ3v) is 5.75. The second-order valence-electron chi connectivity index (χ2n) is 7.92. The average molecular weight is 389 g/mol. The van der Waals surface area contributed by atoms with Crippen LogP contribution in [-0.4, -0.2) is 33.4 Å². The first-order chi connectivity index (χ1) is 14.1. The topological polar surface area (TPSA) is 58.1 Å². The maximum absolute atomic E-state index is 13.6. The quantitative estimate of drug-likeness (QED) is 0.650. The Balaban J connectivity index is 1.82. The van der Waals surface area contributed by atoms with Gasteiger partial charge in [0.2, 0.25) is 0 Å². The van der Waals surface area contributed by atoms with E-state index in [1.807, 2.05) is 36.1 Å². The summed E-state index contributed by atoms with van der Waals surface area (Å²) < 4.78 is 0. The lowest BCUT2D eigenvalue weighted by Crippen LogP contribution is -2.43. The number of benzene rings is 1. The van der Waals surface area contributed by atoms with Crippen LogP contribution in [0.5, 0.6) is 0 Å². The van der Waals surface area contributed by atoms with Crippen LogP contribution < -0.4 is 5.32 Å². The number of hydrogen-bond acceptors (Lipinski definition) is 4. The molecule has 3 heterocycles. The van der Waals surface area contributed by atoms with Crippen LogP contribution in [0, 0.1) is 13.8 Å². The summed E-state index contributed by atoms with van der Waals surface area (Å²) in [7, 11) is 0. The molecule has 1 amide bonds. The molecule has 150 valence electrons. The number of carbonyl (C=O) groups is 1. The van der Waals surface area contributed by atoms with Crippen molar-refractivity contribution in [1.29, 1.82) is 0 Å². The predicted molar refractivity (Wildman–Crippen MR) is 118 cm³/mol. The van der Waals surface area contributed by atoms with E-state index in [4.69, 9.17) is 0 Å². The smallest absolute Gasteiger partial charge is 0.257 e. The van der Waals surface area contributed by atoms with Gasteiger partial charge in [-0.15, -0.1) is 0 Å².